The van der Waals surface area contributed by atoms with Crippen LogP contribution in [0.1, 0.15) is 38.1 Å². The number of carbonyl (C=O) groups is 1. The summed E-state index contributed by atoms with van der Waals surface area (Å²) in [6.45, 7) is 9.42. The standard InChI is InChI=1S/C18H25FN2O3/c1-11(2)10-23-8-7-20-18(22)21-13(4)17-12(3)15-9-14(19)5-6-16(15)24-17/h5-6,9,11,13H,7-8,10H2,1-4H3,(H2,20,21,22). The Labute approximate surface area is 141 Å². The number of hydrogen-bond acceptors (Lipinski definition) is 3. The fourth-order valence-electron chi connectivity index (χ4n) is 2.49. The lowest BCUT2D eigenvalue weighted by molar-refractivity contribution is 0.112. The Morgan fingerprint density at radius 3 is 2.79 bits per heavy atom. The zero-order valence-electron chi connectivity index (χ0n) is 14.6. The third-order valence-corrected chi connectivity index (χ3v) is 3.66. The zero-order valence-corrected chi connectivity index (χ0v) is 14.6. The van der Waals surface area contributed by atoms with Crippen molar-refractivity contribution in [1.82, 2.24) is 10.6 Å². The summed E-state index contributed by atoms with van der Waals surface area (Å²) in [7, 11) is 0. The minimum Gasteiger partial charge on any atom is -0.459 e. The molecule has 0 saturated heterocycles. The highest BCUT2D eigenvalue weighted by Crippen LogP contribution is 2.29. The molecule has 2 aromatic rings. The number of aryl methyl sites for hydroxylation is 1. The zero-order chi connectivity index (χ0) is 17.7. The van der Waals surface area contributed by atoms with E-state index < -0.39 is 0 Å². The summed E-state index contributed by atoms with van der Waals surface area (Å²) >= 11 is 0. The van der Waals surface area contributed by atoms with E-state index in [9.17, 15) is 9.18 Å². The third-order valence-electron chi connectivity index (χ3n) is 3.66. The van der Waals surface area contributed by atoms with Gasteiger partial charge in [0, 0.05) is 24.1 Å². The fourth-order valence-corrected chi connectivity index (χ4v) is 2.49. The van der Waals surface area contributed by atoms with E-state index in [0.717, 1.165) is 10.9 Å². The van der Waals surface area contributed by atoms with E-state index in [1.807, 2.05) is 13.8 Å². The Morgan fingerprint density at radius 1 is 1.33 bits per heavy atom. The van der Waals surface area contributed by atoms with Gasteiger partial charge < -0.3 is 19.8 Å². The molecule has 132 valence electrons. The molecule has 0 aliphatic heterocycles. The Bertz CT molecular complexity index is 697. The van der Waals surface area contributed by atoms with E-state index in [1.54, 1.807) is 6.07 Å². The van der Waals surface area contributed by atoms with Crippen LogP contribution in [0, 0.1) is 18.7 Å². The molecule has 0 aliphatic rings. The molecule has 2 amide bonds. The van der Waals surface area contributed by atoms with Gasteiger partial charge in [0.25, 0.3) is 0 Å². The predicted molar refractivity (Wildman–Crippen MR) is 91.5 cm³/mol. The molecular formula is C18H25FN2O3. The van der Waals surface area contributed by atoms with Crippen LogP contribution in [0.3, 0.4) is 0 Å². The summed E-state index contributed by atoms with van der Waals surface area (Å²) in [5.74, 6) is 0.791. The Balaban J connectivity index is 1.89. The van der Waals surface area contributed by atoms with Crippen LogP contribution in [0.4, 0.5) is 9.18 Å². The highest BCUT2D eigenvalue weighted by atomic mass is 19.1. The van der Waals surface area contributed by atoms with Crippen molar-refractivity contribution in [2.75, 3.05) is 19.8 Å². The maximum absolute atomic E-state index is 13.4. The molecule has 6 heteroatoms. The van der Waals surface area contributed by atoms with Crippen LogP contribution in [0.5, 0.6) is 0 Å². The number of halogens is 1. The first-order chi connectivity index (χ1) is 11.4. The van der Waals surface area contributed by atoms with Crippen LogP contribution < -0.4 is 10.6 Å². The normalized spacial score (nSPS) is 12.6. The summed E-state index contributed by atoms with van der Waals surface area (Å²) in [5.41, 5.74) is 1.44. The number of hydrogen-bond donors (Lipinski definition) is 2. The molecule has 1 atom stereocenters. The van der Waals surface area contributed by atoms with Crippen molar-refractivity contribution in [3.63, 3.8) is 0 Å². The summed E-state index contributed by atoms with van der Waals surface area (Å²) < 4.78 is 24.5. The van der Waals surface area contributed by atoms with Crippen LogP contribution in [0.2, 0.25) is 0 Å². The van der Waals surface area contributed by atoms with Crippen molar-refractivity contribution in [3.05, 3.63) is 35.3 Å². The van der Waals surface area contributed by atoms with Crippen molar-refractivity contribution in [2.24, 2.45) is 5.92 Å². The molecule has 0 aliphatic carbocycles. The molecular weight excluding hydrogens is 311 g/mol. The Morgan fingerprint density at radius 2 is 2.08 bits per heavy atom. The average Bonchev–Trinajstić information content (AvgIpc) is 2.83. The first-order valence-corrected chi connectivity index (χ1v) is 8.19. The van der Waals surface area contributed by atoms with Gasteiger partial charge in [0.1, 0.15) is 17.2 Å². The lowest BCUT2D eigenvalue weighted by Crippen LogP contribution is -2.38. The molecule has 2 rings (SSSR count). The van der Waals surface area contributed by atoms with Crippen molar-refractivity contribution in [1.29, 1.82) is 0 Å². The van der Waals surface area contributed by atoms with Crippen LogP contribution in [-0.2, 0) is 4.74 Å². The van der Waals surface area contributed by atoms with Gasteiger partial charge in [-0.1, -0.05) is 13.8 Å². The molecule has 0 saturated carbocycles. The lowest BCUT2D eigenvalue weighted by atomic mass is 10.1. The van der Waals surface area contributed by atoms with Crippen molar-refractivity contribution in [3.8, 4) is 0 Å². The number of ether oxygens (including phenoxy) is 1. The number of benzene rings is 1. The highest BCUT2D eigenvalue weighted by Gasteiger charge is 2.18. The van der Waals surface area contributed by atoms with Crippen LogP contribution in [0.15, 0.2) is 22.6 Å². The van der Waals surface area contributed by atoms with E-state index in [4.69, 9.17) is 9.15 Å². The number of furan rings is 1. The second kappa shape index (κ2) is 8.15. The minimum absolute atomic E-state index is 0.290. The van der Waals surface area contributed by atoms with Gasteiger partial charge in [-0.2, -0.15) is 0 Å². The van der Waals surface area contributed by atoms with Gasteiger partial charge in [-0.15, -0.1) is 0 Å². The lowest BCUT2D eigenvalue weighted by Gasteiger charge is -2.14. The Kier molecular flexibility index (Phi) is 6.20. The first-order valence-electron chi connectivity index (χ1n) is 8.19. The quantitative estimate of drug-likeness (QED) is 0.754. The van der Waals surface area contributed by atoms with Crippen molar-refractivity contribution in [2.45, 2.75) is 33.7 Å². The number of rotatable bonds is 7. The number of nitrogens with one attached hydrogen (secondary N) is 2. The largest absolute Gasteiger partial charge is 0.459 e. The first kappa shape index (κ1) is 18.3. The van der Waals surface area contributed by atoms with E-state index in [1.165, 1.54) is 12.1 Å². The van der Waals surface area contributed by atoms with E-state index >= 15 is 0 Å². The molecule has 0 bridgehead atoms. The fraction of sp³-hybridized carbons (Fsp3) is 0.500. The van der Waals surface area contributed by atoms with Gasteiger partial charge in [-0.25, -0.2) is 9.18 Å². The molecule has 1 unspecified atom stereocenters. The highest BCUT2D eigenvalue weighted by molar-refractivity contribution is 5.82. The maximum Gasteiger partial charge on any atom is 0.315 e. The van der Waals surface area contributed by atoms with Gasteiger partial charge in [0.2, 0.25) is 0 Å². The molecule has 0 fully saturated rings. The number of carbonyl (C=O) groups excluding carboxylic acids is 1. The van der Waals surface area contributed by atoms with E-state index in [-0.39, 0.29) is 17.9 Å². The second-order valence-corrected chi connectivity index (χ2v) is 6.32. The third kappa shape index (κ3) is 4.71. The number of amides is 2. The smallest absolute Gasteiger partial charge is 0.315 e. The molecule has 1 heterocycles. The van der Waals surface area contributed by atoms with Gasteiger partial charge in [-0.3, -0.25) is 0 Å². The monoisotopic (exact) mass is 336 g/mol. The molecule has 1 aromatic heterocycles. The minimum atomic E-state index is -0.322. The molecule has 0 radical (unpaired) electrons. The van der Waals surface area contributed by atoms with E-state index in [0.29, 0.717) is 37.0 Å². The molecule has 0 spiro atoms. The Hall–Kier alpha value is -2.08. The number of urea groups is 1. The van der Waals surface area contributed by atoms with Gasteiger partial charge in [0.15, 0.2) is 0 Å². The van der Waals surface area contributed by atoms with Gasteiger partial charge in [-0.05, 0) is 38.0 Å². The maximum atomic E-state index is 13.4. The van der Waals surface area contributed by atoms with Gasteiger partial charge >= 0.3 is 6.03 Å². The van der Waals surface area contributed by atoms with Crippen LogP contribution >= 0.6 is 0 Å². The molecule has 2 N–H and O–H groups in total. The number of fused-ring (bicyclic) bond motifs is 1. The van der Waals surface area contributed by atoms with Crippen LogP contribution in [0.25, 0.3) is 11.0 Å². The topological polar surface area (TPSA) is 63.5 Å². The second-order valence-electron chi connectivity index (χ2n) is 6.32. The molecule has 24 heavy (non-hydrogen) atoms. The molecule has 5 nitrogen and oxygen atoms in total. The van der Waals surface area contributed by atoms with Gasteiger partial charge in [0.05, 0.1) is 12.6 Å². The summed E-state index contributed by atoms with van der Waals surface area (Å²) in [6.07, 6.45) is 0. The average molecular weight is 336 g/mol. The predicted octanol–water partition coefficient (Wildman–Crippen LogP) is 3.91. The SMILES string of the molecule is Cc1c(C(C)NC(=O)NCCOCC(C)C)oc2ccc(F)cc12. The van der Waals surface area contributed by atoms with Crippen molar-refractivity contribution < 1.29 is 18.3 Å². The summed E-state index contributed by atoms with van der Waals surface area (Å²) in [5, 5.41) is 6.29. The summed E-state index contributed by atoms with van der Waals surface area (Å²) in [4.78, 5) is 11.9. The van der Waals surface area contributed by atoms with Crippen LogP contribution in [-0.4, -0.2) is 25.8 Å². The van der Waals surface area contributed by atoms with E-state index in [2.05, 4.69) is 24.5 Å². The van der Waals surface area contributed by atoms with Crippen molar-refractivity contribution >= 4 is 17.0 Å². The summed E-state index contributed by atoms with van der Waals surface area (Å²) in [6, 6.07) is 3.78. The molecule has 1 aromatic carbocycles.